The van der Waals surface area contributed by atoms with Crippen LogP contribution in [0, 0.1) is 11.3 Å². The molecule has 0 saturated carbocycles. The molecule has 64 valence electrons. The third kappa shape index (κ3) is 1.06. The van der Waals surface area contributed by atoms with Crippen LogP contribution in [0.2, 0.25) is 0 Å². The summed E-state index contributed by atoms with van der Waals surface area (Å²) in [6.45, 7) is 0. The van der Waals surface area contributed by atoms with E-state index in [9.17, 15) is 9.90 Å². The highest BCUT2D eigenvalue weighted by molar-refractivity contribution is 6.01. The highest BCUT2D eigenvalue weighted by Crippen LogP contribution is 2.30. The molecule has 0 aliphatic carbocycles. The quantitative estimate of drug-likeness (QED) is 0.603. The first kappa shape index (κ1) is 7.77. The summed E-state index contributed by atoms with van der Waals surface area (Å²) in [7, 11) is 0. The van der Waals surface area contributed by atoms with Crippen molar-refractivity contribution in [2.75, 3.05) is 5.32 Å². The van der Waals surface area contributed by atoms with Crippen LogP contribution in [0.5, 0.6) is 0 Å². The largest absolute Gasteiger partial charge is 0.378 e. The van der Waals surface area contributed by atoms with Gasteiger partial charge in [-0.05, 0) is 18.2 Å². The SMILES string of the molecule is N#Cc1ccc2c(c1)[C@@H](O)C(=O)N2. The highest BCUT2D eigenvalue weighted by atomic mass is 16.3. The van der Waals surface area contributed by atoms with E-state index < -0.39 is 12.0 Å². The van der Waals surface area contributed by atoms with E-state index in [1.54, 1.807) is 12.1 Å². The molecule has 1 aromatic carbocycles. The maximum Gasteiger partial charge on any atom is 0.257 e. The van der Waals surface area contributed by atoms with Crippen LogP contribution in [-0.4, -0.2) is 11.0 Å². The van der Waals surface area contributed by atoms with Crippen molar-refractivity contribution in [2.45, 2.75) is 6.10 Å². The minimum atomic E-state index is -1.14. The molecule has 0 spiro atoms. The van der Waals surface area contributed by atoms with E-state index in [0.29, 0.717) is 16.8 Å². The average Bonchev–Trinajstić information content (AvgIpc) is 2.43. The lowest BCUT2D eigenvalue weighted by atomic mass is 10.1. The average molecular weight is 174 g/mol. The number of anilines is 1. The number of nitrogens with one attached hydrogen (secondary N) is 1. The summed E-state index contributed by atoms with van der Waals surface area (Å²) >= 11 is 0. The van der Waals surface area contributed by atoms with Crippen LogP contribution in [-0.2, 0) is 4.79 Å². The molecule has 0 unspecified atom stereocenters. The molecule has 0 fully saturated rings. The highest BCUT2D eigenvalue weighted by Gasteiger charge is 2.28. The molecule has 0 aromatic heterocycles. The molecule has 2 rings (SSSR count). The van der Waals surface area contributed by atoms with Gasteiger partial charge in [-0.2, -0.15) is 5.26 Å². The van der Waals surface area contributed by atoms with E-state index in [1.165, 1.54) is 6.07 Å². The van der Waals surface area contributed by atoms with Gasteiger partial charge in [-0.1, -0.05) is 0 Å². The number of nitrogens with zero attached hydrogens (tertiary/aromatic N) is 1. The van der Waals surface area contributed by atoms with Crippen LogP contribution in [0.15, 0.2) is 18.2 Å². The summed E-state index contributed by atoms with van der Waals surface area (Å²) in [5, 5.41) is 20.4. The van der Waals surface area contributed by atoms with E-state index in [0.717, 1.165) is 0 Å². The zero-order valence-corrected chi connectivity index (χ0v) is 6.61. The molecule has 0 bridgehead atoms. The predicted octanol–water partition coefficient (Wildman–Crippen LogP) is 0.544. The van der Waals surface area contributed by atoms with E-state index in [1.807, 2.05) is 6.07 Å². The number of carbonyl (C=O) groups is 1. The van der Waals surface area contributed by atoms with Crippen LogP contribution in [0.1, 0.15) is 17.2 Å². The molecular weight excluding hydrogens is 168 g/mol. The first-order chi connectivity index (χ1) is 6.22. The molecule has 1 aromatic rings. The molecule has 1 atom stereocenters. The Bertz CT molecular complexity index is 420. The molecule has 1 heterocycles. The van der Waals surface area contributed by atoms with Crippen molar-refractivity contribution < 1.29 is 9.90 Å². The monoisotopic (exact) mass is 174 g/mol. The third-order valence-electron chi connectivity index (χ3n) is 1.98. The van der Waals surface area contributed by atoms with Gasteiger partial charge >= 0.3 is 0 Å². The number of fused-ring (bicyclic) bond motifs is 1. The molecular formula is C9H6N2O2. The topological polar surface area (TPSA) is 73.1 Å². The van der Waals surface area contributed by atoms with Crippen LogP contribution >= 0.6 is 0 Å². The van der Waals surface area contributed by atoms with E-state index in [4.69, 9.17) is 5.26 Å². The molecule has 0 radical (unpaired) electrons. The molecule has 1 aliphatic heterocycles. The summed E-state index contributed by atoms with van der Waals surface area (Å²) in [6, 6.07) is 6.66. The number of hydrogen-bond acceptors (Lipinski definition) is 3. The van der Waals surface area contributed by atoms with Crippen molar-refractivity contribution in [1.82, 2.24) is 0 Å². The second kappa shape index (κ2) is 2.57. The minimum Gasteiger partial charge on any atom is -0.378 e. The fraction of sp³-hybridized carbons (Fsp3) is 0.111. The van der Waals surface area contributed by atoms with Gasteiger partial charge in [0.05, 0.1) is 11.6 Å². The second-order valence-corrected chi connectivity index (χ2v) is 2.81. The number of hydrogen-bond donors (Lipinski definition) is 2. The van der Waals surface area contributed by atoms with Gasteiger partial charge in [-0.3, -0.25) is 4.79 Å². The summed E-state index contributed by atoms with van der Waals surface area (Å²) in [4.78, 5) is 11.0. The molecule has 1 aliphatic rings. The Balaban J connectivity index is 2.55. The molecule has 4 nitrogen and oxygen atoms in total. The number of amides is 1. The summed E-state index contributed by atoms with van der Waals surface area (Å²) in [5.41, 5.74) is 1.50. The summed E-state index contributed by atoms with van der Waals surface area (Å²) in [6.07, 6.45) is -1.14. The van der Waals surface area contributed by atoms with Crippen LogP contribution in [0.25, 0.3) is 0 Å². The first-order valence-electron chi connectivity index (χ1n) is 3.75. The lowest BCUT2D eigenvalue weighted by molar-refractivity contribution is -0.123. The van der Waals surface area contributed by atoms with Gasteiger partial charge < -0.3 is 10.4 Å². The normalized spacial score (nSPS) is 19.1. The van der Waals surface area contributed by atoms with Crippen molar-refractivity contribution in [1.29, 1.82) is 5.26 Å². The molecule has 13 heavy (non-hydrogen) atoms. The van der Waals surface area contributed by atoms with Gasteiger partial charge in [0.25, 0.3) is 5.91 Å². The minimum absolute atomic E-state index is 0.439. The van der Waals surface area contributed by atoms with Gasteiger partial charge in [0.2, 0.25) is 0 Å². The first-order valence-corrected chi connectivity index (χ1v) is 3.75. The van der Waals surface area contributed by atoms with Crippen molar-refractivity contribution in [3.63, 3.8) is 0 Å². The van der Waals surface area contributed by atoms with E-state index in [2.05, 4.69) is 5.32 Å². The molecule has 1 amide bonds. The number of aliphatic hydroxyl groups is 1. The predicted molar refractivity (Wildman–Crippen MR) is 44.7 cm³/mol. The van der Waals surface area contributed by atoms with Crippen molar-refractivity contribution in [3.05, 3.63) is 29.3 Å². The van der Waals surface area contributed by atoms with Crippen LogP contribution < -0.4 is 5.32 Å². The number of nitriles is 1. The lowest BCUT2D eigenvalue weighted by Gasteiger charge is -1.99. The molecule has 4 heteroatoms. The van der Waals surface area contributed by atoms with Gasteiger partial charge in [0, 0.05) is 11.3 Å². The Morgan fingerprint density at radius 3 is 3.00 bits per heavy atom. The van der Waals surface area contributed by atoms with Crippen molar-refractivity contribution >= 4 is 11.6 Å². The van der Waals surface area contributed by atoms with E-state index >= 15 is 0 Å². The van der Waals surface area contributed by atoms with Crippen molar-refractivity contribution in [2.24, 2.45) is 0 Å². The zero-order chi connectivity index (χ0) is 9.42. The summed E-state index contributed by atoms with van der Waals surface area (Å²) < 4.78 is 0. The Hall–Kier alpha value is -1.86. The fourth-order valence-corrected chi connectivity index (χ4v) is 1.31. The van der Waals surface area contributed by atoms with Gasteiger partial charge in [-0.15, -0.1) is 0 Å². The van der Waals surface area contributed by atoms with Gasteiger partial charge in [-0.25, -0.2) is 0 Å². The fourth-order valence-electron chi connectivity index (χ4n) is 1.31. The third-order valence-corrected chi connectivity index (χ3v) is 1.98. The van der Waals surface area contributed by atoms with Gasteiger partial charge in [0.15, 0.2) is 6.10 Å². The Morgan fingerprint density at radius 2 is 2.31 bits per heavy atom. The Labute approximate surface area is 74.4 Å². The molecule has 2 N–H and O–H groups in total. The maximum absolute atomic E-state index is 11.0. The number of carbonyl (C=O) groups excluding carboxylic acids is 1. The number of rotatable bonds is 0. The van der Waals surface area contributed by atoms with Crippen LogP contribution in [0.3, 0.4) is 0 Å². The van der Waals surface area contributed by atoms with Crippen molar-refractivity contribution in [3.8, 4) is 6.07 Å². The zero-order valence-electron chi connectivity index (χ0n) is 6.61. The number of benzene rings is 1. The number of aliphatic hydroxyl groups excluding tert-OH is 1. The van der Waals surface area contributed by atoms with Gasteiger partial charge in [0.1, 0.15) is 0 Å². The second-order valence-electron chi connectivity index (χ2n) is 2.81. The summed E-state index contributed by atoms with van der Waals surface area (Å²) in [5.74, 6) is -0.440. The smallest absolute Gasteiger partial charge is 0.257 e. The molecule has 0 saturated heterocycles. The van der Waals surface area contributed by atoms with Crippen LogP contribution in [0.4, 0.5) is 5.69 Å². The standard InChI is InChI=1S/C9H6N2O2/c10-4-5-1-2-7-6(3-5)8(12)9(13)11-7/h1-3,8,12H,(H,11,13)/t8-/m1/s1. The maximum atomic E-state index is 11.0. The Kier molecular flexibility index (Phi) is 1.54. The lowest BCUT2D eigenvalue weighted by Crippen LogP contribution is -2.10. The Morgan fingerprint density at radius 1 is 1.54 bits per heavy atom. The van der Waals surface area contributed by atoms with E-state index in [-0.39, 0.29) is 0 Å².